The van der Waals surface area contributed by atoms with Gasteiger partial charge in [0, 0.05) is 25.4 Å². The highest BCUT2D eigenvalue weighted by Crippen LogP contribution is 2.22. The van der Waals surface area contributed by atoms with E-state index >= 15 is 0 Å². The van der Waals surface area contributed by atoms with Crippen molar-refractivity contribution in [1.29, 1.82) is 0 Å². The minimum absolute atomic E-state index is 0.155. The Morgan fingerprint density at radius 1 is 1.35 bits per heavy atom. The standard InChI is InChI=1S/C13H25N3O3S/c1-10(2)7-15(6-5-14(3)4)13(19)16-9-20-8-11(16)12(17)18/h10-11H,5-9H2,1-4H3,(H,17,18). The van der Waals surface area contributed by atoms with E-state index in [1.54, 1.807) is 4.90 Å². The number of urea groups is 1. The van der Waals surface area contributed by atoms with E-state index in [-0.39, 0.29) is 6.03 Å². The number of carbonyl (C=O) groups is 2. The monoisotopic (exact) mass is 303 g/mol. The van der Waals surface area contributed by atoms with Gasteiger partial charge in [0.25, 0.3) is 0 Å². The molecule has 6 nitrogen and oxygen atoms in total. The summed E-state index contributed by atoms with van der Waals surface area (Å²) in [5, 5.41) is 9.18. The van der Waals surface area contributed by atoms with Crippen LogP contribution in [0.25, 0.3) is 0 Å². The van der Waals surface area contributed by atoms with E-state index in [2.05, 4.69) is 13.8 Å². The minimum atomic E-state index is -0.916. The normalized spacial score (nSPS) is 18.9. The largest absolute Gasteiger partial charge is 0.480 e. The molecule has 20 heavy (non-hydrogen) atoms. The topological polar surface area (TPSA) is 64.1 Å². The molecule has 1 aliphatic rings. The number of nitrogens with zero attached hydrogens (tertiary/aromatic N) is 3. The first kappa shape index (κ1) is 17.1. The summed E-state index contributed by atoms with van der Waals surface area (Å²) in [6.07, 6.45) is 0. The van der Waals surface area contributed by atoms with Crippen molar-refractivity contribution in [3.05, 3.63) is 0 Å². The molecule has 1 saturated heterocycles. The molecule has 0 aromatic rings. The van der Waals surface area contributed by atoms with Crippen LogP contribution in [0.4, 0.5) is 4.79 Å². The zero-order chi connectivity index (χ0) is 15.3. The van der Waals surface area contributed by atoms with Gasteiger partial charge in [-0.1, -0.05) is 13.8 Å². The first-order valence-electron chi connectivity index (χ1n) is 6.83. The lowest BCUT2D eigenvalue weighted by molar-refractivity contribution is -0.140. The number of carboxylic acid groups (broad SMARTS) is 1. The zero-order valence-corrected chi connectivity index (χ0v) is 13.5. The number of thioether (sulfide) groups is 1. The van der Waals surface area contributed by atoms with Gasteiger partial charge in [-0.3, -0.25) is 0 Å². The third kappa shape index (κ3) is 4.86. The highest BCUT2D eigenvalue weighted by Gasteiger charge is 2.36. The fourth-order valence-electron chi connectivity index (χ4n) is 2.04. The number of carbonyl (C=O) groups excluding carboxylic acids is 1. The first-order chi connectivity index (χ1) is 9.32. The van der Waals surface area contributed by atoms with Crippen LogP contribution >= 0.6 is 11.8 Å². The maximum atomic E-state index is 12.6. The van der Waals surface area contributed by atoms with Crippen molar-refractivity contribution in [3.8, 4) is 0 Å². The lowest BCUT2D eigenvalue weighted by Crippen LogP contribution is -2.51. The van der Waals surface area contributed by atoms with Crippen molar-refractivity contribution in [2.75, 3.05) is 45.4 Å². The van der Waals surface area contributed by atoms with E-state index in [9.17, 15) is 14.7 Å². The predicted octanol–water partition coefficient (Wildman–Crippen LogP) is 1.09. The second-order valence-corrected chi connectivity index (χ2v) is 6.75. The fourth-order valence-corrected chi connectivity index (χ4v) is 3.18. The molecule has 7 heteroatoms. The summed E-state index contributed by atoms with van der Waals surface area (Å²) in [7, 11) is 3.92. The SMILES string of the molecule is CC(C)CN(CCN(C)C)C(=O)N1CSCC1C(=O)O. The number of hydrogen-bond acceptors (Lipinski definition) is 4. The van der Waals surface area contributed by atoms with Crippen molar-refractivity contribution >= 4 is 23.8 Å². The second-order valence-electron chi connectivity index (χ2n) is 5.75. The van der Waals surface area contributed by atoms with Gasteiger partial charge < -0.3 is 19.8 Å². The van der Waals surface area contributed by atoms with Crippen LogP contribution in [-0.2, 0) is 4.79 Å². The van der Waals surface area contributed by atoms with Crippen molar-refractivity contribution in [2.45, 2.75) is 19.9 Å². The molecule has 1 aliphatic heterocycles. The Kier molecular flexibility index (Phi) is 6.61. The number of rotatable bonds is 6. The summed E-state index contributed by atoms with van der Waals surface area (Å²) in [5.41, 5.74) is 0. The highest BCUT2D eigenvalue weighted by molar-refractivity contribution is 7.99. The van der Waals surface area contributed by atoms with Gasteiger partial charge in [0.1, 0.15) is 6.04 Å². The Labute approximate surface area is 125 Å². The van der Waals surface area contributed by atoms with Gasteiger partial charge in [0.15, 0.2) is 0 Å². The molecule has 2 amide bonds. The highest BCUT2D eigenvalue weighted by atomic mass is 32.2. The molecule has 1 heterocycles. The van der Waals surface area contributed by atoms with Crippen molar-refractivity contribution in [3.63, 3.8) is 0 Å². The predicted molar refractivity (Wildman–Crippen MR) is 80.9 cm³/mol. The van der Waals surface area contributed by atoms with Crippen molar-refractivity contribution < 1.29 is 14.7 Å². The van der Waals surface area contributed by atoms with Gasteiger partial charge in [-0.05, 0) is 20.0 Å². The summed E-state index contributed by atoms with van der Waals surface area (Å²) in [6.45, 7) is 6.17. The molecule has 1 atom stereocenters. The van der Waals surface area contributed by atoms with E-state index in [0.29, 0.717) is 30.6 Å². The van der Waals surface area contributed by atoms with Gasteiger partial charge >= 0.3 is 12.0 Å². The van der Waals surface area contributed by atoms with Gasteiger partial charge in [-0.2, -0.15) is 0 Å². The maximum Gasteiger partial charge on any atom is 0.327 e. The molecule has 0 aromatic heterocycles. The van der Waals surface area contributed by atoms with E-state index in [0.717, 1.165) is 6.54 Å². The molecular formula is C13H25N3O3S. The quantitative estimate of drug-likeness (QED) is 0.795. The Hall–Kier alpha value is -0.950. The van der Waals surface area contributed by atoms with Gasteiger partial charge in [0.05, 0.1) is 5.88 Å². The van der Waals surface area contributed by atoms with Crippen LogP contribution in [0.2, 0.25) is 0 Å². The summed E-state index contributed by atoms with van der Waals surface area (Å²) in [4.78, 5) is 29.0. The van der Waals surface area contributed by atoms with Crippen molar-refractivity contribution in [2.24, 2.45) is 5.92 Å². The molecule has 0 radical (unpaired) electrons. The summed E-state index contributed by atoms with van der Waals surface area (Å²) >= 11 is 1.49. The molecule has 1 N–H and O–H groups in total. The van der Waals surface area contributed by atoms with Crippen LogP contribution in [0.1, 0.15) is 13.8 Å². The molecule has 0 aliphatic carbocycles. The molecule has 0 bridgehead atoms. The van der Waals surface area contributed by atoms with Crippen LogP contribution in [0.15, 0.2) is 0 Å². The Bertz CT molecular complexity index is 350. The zero-order valence-electron chi connectivity index (χ0n) is 12.7. The fraction of sp³-hybridized carbons (Fsp3) is 0.846. The number of carboxylic acids is 1. The van der Waals surface area contributed by atoms with Crippen LogP contribution in [-0.4, -0.2) is 83.2 Å². The summed E-state index contributed by atoms with van der Waals surface area (Å²) in [5.74, 6) is 0.386. The van der Waals surface area contributed by atoms with E-state index < -0.39 is 12.0 Å². The third-order valence-electron chi connectivity index (χ3n) is 3.09. The van der Waals surface area contributed by atoms with Gasteiger partial charge in [-0.15, -0.1) is 11.8 Å². The van der Waals surface area contributed by atoms with Crippen LogP contribution in [0.3, 0.4) is 0 Å². The first-order valence-corrected chi connectivity index (χ1v) is 7.99. The molecule has 1 fully saturated rings. The lowest BCUT2D eigenvalue weighted by atomic mass is 10.2. The maximum absolute atomic E-state index is 12.6. The summed E-state index contributed by atoms with van der Waals surface area (Å²) < 4.78 is 0. The third-order valence-corrected chi connectivity index (χ3v) is 4.10. The lowest BCUT2D eigenvalue weighted by Gasteiger charge is -2.31. The molecule has 116 valence electrons. The number of aliphatic carboxylic acids is 1. The Balaban J connectivity index is 2.72. The van der Waals surface area contributed by atoms with Crippen LogP contribution in [0, 0.1) is 5.92 Å². The van der Waals surface area contributed by atoms with Crippen molar-refractivity contribution in [1.82, 2.24) is 14.7 Å². The van der Waals surface area contributed by atoms with E-state index in [1.165, 1.54) is 16.7 Å². The Morgan fingerprint density at radius 2 is 2.00 bits per heavy atom. The van der Waals surface area contributed by atoms with E-state index in [4.69, 9.17) is 0 Å². The number of likely N-dealkylation sites (N-methyl/N-ethyl adjacent to an activating group) is 1. The molecule has 0 saturated carbocycles. The summed E-state index contributed by atoms with van der Waals surface area (Å²) in [6, 6.07) is -0.848. The molecular weight excluding hydrogens is 278 g/mol. The van der Waals surface area contributed by atoms with E-state index in [1.807, 2.05) is 19.0 Å². The Morgan fingerprint density at radius 3 is 2.50 bits per heavy atom. The molecule has 0 aromatic carbocycles. The van der Waals surface area contributed by atoms with Gasteiger partial charge in [-0.25, -0.2) is 9.59 Å². The number of amides is 2. The molecule has 1 unspecified atom stereocenters. The molecule has 0 spiro atoms. The average molecular weight is 303 g/mol. The van der Waals surface area contributed by atoms with Gasteiger partial charge in [0.2, 0.25) is 0 Å². The second kappa shape index (κ2) is 7.73. The minimum Gasteiger partial charge on any atom is -0.480 e. The smallest absolute Gasteiger partial charge is 0.327 e. The van der Waals surface area contributed by atoms with Crippen LogP contribution in [0.5, 0.6) is 0 Å². The average Bonchev–Trinajstić information content (AvgIpc) is 2.82. The number of hydrogen-bond donors (Lipinski definition) is 1. The van der Waals surface area contributed by atoms with Crippen LogP contribution < -0.4 is 0 Å². The molecule has 1 rings (SSSR count).